The molecule has 0 spiro atoms. The molecule has 0 radical (unpaired) electrons. The van der Waals surface area contributed by atoms with Crippen molar-refractivity contribution in [3.05, 3.63) is 107 Å². The lowest BCUT2D eigenvalue weighted by molar-refractivity contribution is 0.0684. The number of hydrogen-bond donors (Lipinski definition) is 4. The van der Waals surface area contributed by atoms with Crippen LogP contribution in [0.4, 0.5) is 0 Å². The molecule has 4 aromatic rings. The van der Waals surface area contributed by atoms with Crippen LogP contribution in [0.2, 0.25) is 0 Å². The minimum atomic E-state index is -1.15. The number of aromatic hydroxyl groups is 2. The minimum absolute atomic E-state index is 0.00658. The summed E-state index contributed by atoms with van der Waals surface area (Å²) in [7, 11) is 0. The number of aromatic carboxylic acids is 2. The number of benzene rings is 4. The number of carbonyl (C=O) groups is 2. The molecule has 0 fully saturated rings. The van der Waals surface area contributed by atoms with Crippen LogP contribution in [0.1, 0.15) is 31.8 Å². The van der Waals surface area contributed by atoms with Gasteiger partial charge < -0.3 is 25.2 Å². The average molecular weight is 456 g/mol. The molecule has 0 aliphatic heterocycles. The number of hydrogen-bond acceptors (Lipinski definition) is 5. The molecule has 0 saturated carbocycles. The summed E-state index contributed by atoms with van der Waals surface area (Å²) in [6.07, 6.45) is 0.246. The standard InChI is InChI=1S/C27H20O7/c28-22-14-16(9-10-19(22)13-18-5-1-2-6-20(18)26(30)31)17-11-12-25(23(29)15-17)34-24-8-4-3-7-21(24)27(32)33/h1-12,14-15,28-29H,13H2,(H,30,31)(H,32,33). The second-order valence-corrected chi connectivity index (χ2v) is 7.57. The van der Waals surface area contributed by atoms with Crippen LogP contribution in [0.3, 0.4) is 0 Å². The highest BCUT2D eigenvalue weighted by molar-refractivity contribution is 5.91. The Kier molecular flexibility index (Phi) is 6.18. The number of phenols is 2. The van der Waals surface area contributed by atoms with Gasteiger partial charge in [0.15, 0.2) is 11.5 Å². The zero-order chi connectivity index (χ0) is 24.2. The quantitative estimate of drug-likeness (QED) is 0.288. The van der Waals surface area contributed by atoms with Crippen molar-refractivity contribution in [1.82, 2.24) is 0 Å². The highest BCUT2D eigenvalue weighted by Crippen LogP contribution is 2.37. The Morgan fingerprint density at radius 2 is 1.21 bits per heavy atom. The van der Waals surface area contributed by atoms with E-state index in [4.69, 9.17) is 4.74 Å². The summed E-state index contributed by atoms with van der Waals surface area (Å²) in [6, 6.07) is 22.4. The second kappa shape index (κ2) is 9.38. The fraction of sp³-hybridized carbons (Fsp3) is 0.0370. The van der Waals surface area contributed by atoms with Gasteiger partial charge >= 0.3 is 11.9 Å². The highest BCUT2D eigenvalue weighted by Gasteiger charge is 2.15. The predicted molar refractivity (Wildman–Crippen MR) is 125 cm³/mol. The topological polar surface area (TPSA) is 124 Å². The third-order valence-corrected chi connectivity index (χ3v) is 5.34. The molecule has 0 aliphatic rings. The van der Waals surface area contributed by atoms with Crippen LogP contribution in [-0.4, -0.2) is 32.4 Å². The van der Waals surface area contributed by atoms with Gasteiger partial charge in [0.25, 0.3) is 0 Å². The average Bonchev–Trinajstić information content (AvgIpc) is 2.82. The number of para-hydroxylation sites is 1. The Bertz CT molecular complexity index is 1280. The van der Waals surface area contributed by atoms with Crippen molar-refractivity contribution in [2.24, 2.45) is 0 Å². The van der Waals surface area contributed by atoms with E-state index in [1.165, 1.54) is 36.4 Å². The van der Waals surface area contributed by atoms with E-state index in [1.54, 1.807) is 48.5 Å². The molecule has 0 saturated heterocycles. The molecule has 0 unspecified atom stereocenters. The first-order chi connectivity index (χ1) is 16.3. The van der Waals surface area contributed by atoms with E-state index in [0.717, 1.165) is 0 Å². The fourth-order valence-corrected chi connectivity index (χ4v) is 3.62. The molecule has 0 amide bonds. The third kappa shape index (κ3) is 4.68. The zero-order valence-corrected chi connectivity index (χ0v) is 17.8. The van der Waals surface area contributed by atoms with Crippen molar-refractivity contribution in [1.29, 1.82) is 0 Å². The van der Waals surface area contributed by atoms with Gasteiger partial charge in [-0.05, 0) is 58.7 Å². The Hall–Kier alpha value is -4.78. The number of carboxylic acid groups (broad SMARTS) is 2. The largest absolute Gasteiger partial charge is 0.508 e. The summed E-state index contributed by atoms with van der Waals surface area (Å²) < 4.78 is 5.60. The lowest BCUT2D eigenvalue weighted by atomic mass is 9.96. The maximum absolute atomic E-state index is 11.4. The molecule has 4 rings (SSSR count). The van der Waals surface area contributed by atoms with Gasteiger partial charge in [-0.2, -0.15) is 0 Å². The lowest BCUT2D eigenvalue weighted by Crippen LogP contribution is -2.02. The van der Waals surface area contributed by atoms with Crippen LogP contribution in [0.15, 0.2) is 84.9 Å². The molecule has 0 heterocycles. The van der Waals surface area contributed by atoms with Crippen LogP contribution in [-0.2, 0) is 6.42 Å². The molecule has 0 atom stereocenters. The maximum Gasteiger partial charge on any atom is 0.339 e. The van der Waals surface area contributed by atoms with E-state index < -0.39 is 11.9 Å². The van der Waals surface area contributed by atoms with Gasteiger partial charge in [-0.25, -0.2) is 9.59 Å². The molecule has 34 heavy (non-hydrogen) atoms. The predicted octanol–water partition coefficient (Wildman–Crippen LogP) is 5.54. The zero-order valence-electron chi connectivity index (χ0n) is 17.8. The molecular formula is C27H20O7. The third-order valence-electron chi connectivity index (χ3n) is 5.34. The second-order valence-electron chi connectivity index (χ2n) is 7.57. The van der Waals surface area contributed by atoms with Gasteiger partial charge in [0.1, 0.15) is 17.1 Å². The molecule has 0 aliphatic carbocycles. The normalized spacial score (nSPS) is 10.6. The van der Waals surface area contributed by atoms with Gasteiger partial charge in [-0.15, -0.1) is 0 Å². The Balaban J connectivity index is 1.58. The summed E-state index contributed by atoms with van der Waals surface area (Å²) in [5.74, 6) is -2.20. The van der Waals surface area contributed by atoms with Crippen molar-refractivity contribution in [3.63, 3.8) is 0 Å². The van der Waals surface area contributed by atoms with Crippen molar-refractivity contribution < 1.29 is 34.8 Å². The SMILES string of the molecule is O=C(O)c1ccccc1Cc1ccc(-c2ccc(Oc3ccccc3C(=O)O)c(O)c2)cc1O. The van der Waals surface area contributed by atoms with E-state index >= 15 is 0 Å². The van der Waals surface area contributed by atoms with Crippen LogP contribution in [0, 0.1) is 0 Å². The molecule has 0 bridgehead atoms. The fourth-order valence-electron chi connectivity index (χ4n) is 3.62. The van der Waals surface area contributed by atoms with Crippen LogP contribution in [0.25, 0.3) is 11.1 Å². The number of ether oxygens (including phenoxy) is 1. The summed E-state index contributed by atoms with van der Waals surface area (Å²) in [6.45, 7) is 0. The van der Waals surface area contributed by atoms with E-state index in [-0.39, 0.29) is 40.5 Å². The first kappa shape index (κ1) is 22.4. The molecular weight excluding hydrogens is 436 g/mol. The van der Waals surface area contributed by atoms with Gasteiger partial charge in [0.2, 0.25) is 0 Å². The summed E-state index contributed by atoms with van der Waals surface area (Å²) in [5, 5.41) is 39.7. The van der Waals surface area contributed by atoms with Crippen LogP contribution in [0.5, 0.6) is 23.0 Å². The van der Waals surface area contributed by atoms with E-state index in [2.05, 4.69) is 0 Å². The van der Waals surface area contributed by atoms with E-state index in [0.29, 0.717) is 22.3 Å². The van der Waals surface area contributed by atoms with Gasteiger partial charge in [0, 0.05) is 6.42 Å². The number of carboxylic acids is 2. The summed E-state index contributed by atoms with van der Waals surface area (Å²) in [4.78, 5) is 22.8. The first-order valence-electron chi connectivity index (χ1n) is 10.3. The first-order valence-corrected chi connectivity index (χ1v) is 10.3. The summed E-state index contributed by atoms with van der Waals surface area (Å²) >= 11 is 0. The Labute approximate surface area is 194 Å². The van der Waals surface area contributed by atoms with Crippen molar-refractivity contribution >= 4 is 11.9 Å². The Morgan fingerprint density at radius 1 is 0.618 bits per heavy atom. The maximum atomic E-state index is 11.4. The molecule has 170 valence electrons. The van der Waals surface area contributed by atoms with Crippen LogP contribution >= 0.6 is 0 Å². The monoisotopic (exact) mass is 456 g/mol. The Morgan fingerprint density at radius 3 is 1.85 bits per heavy atom. The number of phenolic OH excluding ortho intramolecular Hbond substituents is 2. The van der Waals surface area contributed by atoms with E-state index in [1.807, 2.05) is 0 Å². The molecule has 0 aromatic heterocycles. The smallest absolute Gasteiger partial charge is 0.339 e. The van der Waals surface area contributed by atoms with Crippen molar-refractivity contribution in [3.8, 4) is 34.1 Å². The van der Waals surface area contributed by atoms with Gasteiger partial charge in [-0.3, -0.25) is 0 Å². The van der Waals surface area contributed by atoms with Crippen molar-refractivity contribution in [2.45, 2.75) is 6.42 Å². The van der Waals surface area contributed by atoms with Gasteiger partial charge in [-0.1, -0.05) is 48.5 Å². The van der Waals surface area contributed by atoms with Crippen LogP contribution < -0.4 is 4.74 Å². The minimum Gasteiger partial charge on any atom is -0.508 e. The van der Waals surface area contributed by atoms with Crippen molar-refractivity contribution in [2.75, 3.05) is 0 Å². The number of rotatable bonds is 7. The molecule has 7 nitrogen and oxygen atoms in total. The van der Waals surface area contributed by atoms with E-state index in [9.17, 15) is 30.0 Å². The molecule has 4 N–H and O–H groups in total. The van der Waals surface area contributed by atoms with Gasteiger partial charge in [0.05, 0.1) is 5.56 Å². The summed E-state index contributed by atoms with van der Waals surface area (Å²) in [5.41, 5.74) is 2.52. The lowest BCUT2D eigenvalue weighted by Gasteiger charge is -2.12. The molecule has 4 aromatic carbocycles. The molecule has 7 heteroatoms. The highest BCUT2D eigenvalue weighted by atomic mass is 16.5.